The second kappa shape index (κ2) is 5.41. The van der Waals surface area contributed by atoms with Gasteiger partial charge in [-0.3, -0.25) is 4.90 Å². The number of fused-ring (bicyclic) bond motifs is 1. The standard InChI is InChI=1S/C14H24N4/c15-10-13(12-4-2-1-3-5-12)18-9-8-17-7-6-16-14(17)11-18/h6-7,12-13H,1-5,8-11,15H2. The number of nitrogens with zero attached hydrogens (tertiary/aromatic N) is 3. The molecule has 1 aliphatic carbocycles. The van der Waals surface area contributed by atoms with Gasteiger partial charge in [0.2, 0.25) is 0 Å². The monoisotopic (exact) mass is 248 g/mol. The van der Waals surface area contributed by atoms with E-state index >= 15 is 0 Å². The van der Waals surface area contributed by atoms with Crippen molar-refractivity contribution in [2.45, 2.75) is 51.2 Å². The molecule has 4 nitrogen and oxygen atoms in total. The number of nitrogens with two attached hydrogens (primary N) is 1. The third kappa shape index (κ3) is 2.31. The molecule has 4 heteroatoms. The van der Waals surface area contributed by atoms with Gasteiger partial charge in [-0.25, -0.2) is 4.98 Å². The highest BCUT2D eigenvalue weighted by Crippen LogP contribution is 2.30. The summed E-state index contributed by atoms with van der Waals surface area (Å²) in [5, 5.41) is 0. The highest BCUT2D eigenvalue weighted by atomic mass is 15.3. The van der Waals surface area contributed by atoms with Gasteiger partial charge in [0, 0.05) is 38.1 Å². The van der Waals surface area contributed by atoms with Crippen molar-refractivity contribution < 1.29 is 0 Å². The van der Waals surface area contributed by atoms with Crippen LogP contribution in [0, 0.1) is 5.92 Å². The lowest BCUT2D eigenvalue weighted by molar-refractivity contribution is 0.0935. The van der Waals surface area contributed by atoms with Crippen LogP contribution in [0.5, 0.6) is 0 Å². The van der Waals surface area contributed by atoms with Crippen molar-refractivity contribution in [2.75, 3.05) is 13.1 Å². The molecule has 100 valence electrons. The molecule has 2 heterocycles. The van der Waals surface area contributed by atoms with Crippen LogP contribution in [-0.2, 0) is 13.1 Å². The first-order valence-corrected chi connectivity index (χ1v) is 7.32. The maximum Gasteiger partial charge on any atom is 0.122 e. The van der Waals surface area contributed by atoms with Gasteiger partial charge in [-0.1, -0.05) is 19.3 Å². The van der Waals surface area contributed by atoms with Crippen LogP contribution in [-0.4, -0.2) is 33.6 Å². The summed E-state index contributed by atoms with van der Waals surface area (Å²) >= 11 is 0. The Kier molecular flexibility index (Phi) is 3.66. The third-order valence-electron chi connectivity index (χ3n) is 4.68. The molecule has 1 unspecified atom stereocenters. The first kappa shape index (κ1) is 12.2. The minimum absolute atomic E-state index is 0.566. The van der Waals surface area contributed by atoms with E-state index in [1.807, 2.05) is 6.20 Å². The lowest BCUT2D eigenvalue weighted by atomic mass is 9.83. The van der Waals surface area contributed by atoms with E-state index in [1.165, 1.54) is 37.9 Å². The van der Waals surface area contributed by atoms with E-state index in [9.17, 15) is 0 Å². The first-order chi connectivity index (χ1) is 8.88. The lowest BCUT2D eigenvalue weighted by Gasteiger charge is -2.40. The van der Waals surface area contributed by atoms with Crippen LogP contribution in [0.15, 0.2) is 12.4 Å². The second-order valence-corrected chi connectivity index (χ2v) is 5.71. The van der Waals surface area contributed by atoms with Crippen molar-refractivity contribution in [3.63, 3.8) is 0 Å². The lowest BCUT2D eigenvalue weighted by Crippen LogP contribution is -2.49. The van der Waals surface area contributed by atoms with E-state index in [0.29, 0.717) is 6.04 Å². The molecule has 1 aromatic heterocycles. The highest BCUT2D eigenvalue weighted by Gasteiger charge is 2.30. The van der Waals surface area contributed by atoms with E-state index in [0.717, 1.165) is 32.1 Å². The van der Waals surface area contributed by atoms with Crippen LogP contribution in [0.25, 0.3) is 0 Å². The van der Waals surface area contributed by atoms with Crippen molar-refractivity contribution in [3.05, 3.63) is 18.2 Å². The van der Waals surface area contributed by atoms with Crippen LogP contribution in [0.1, 0.15) is 37.9 Å². The SMILES string of the molecule is NCC(C1CCCCC1)N1CCn2ccnc2C1. The number of hydrogen-bond donors (Lipinski definition) is 1. The molecule has 18 heavy (non-hydrogen) atoms. The molecule has 3 rings (SSSR count). The topological polar surface area (TPSA) is 47.1 Å². The molecule has 1 atom stereocenters. The zero-order chi connectivity index (χ0) is 12.4. The molecule has 1 saturated carbocycles. The molecule has 1 fully saturated rings. The van der Waals surface area contributed by atoms with Gasteiger partial charge in [-0.2, -0.15) is 0 Å². The minimum atomic E-state index is 0.566. The van der Waals surface area contributed by atoms with E-state index in [-0.39, 0.29) is 0 Å². The van der Waals surface area contributed by atoms with Crippen molar-refractivity contribution in [1.82, 2.24) is 14.5 Å². The van der Waals surface area contributed by atoms with Crippen molar-refractivity contribution in [2.24, 2.45) is 11.7 Å². The first-order valence-electron chi connectivity index (χ1n) is 7.32. The third-order valence-corrected chi connectivity index (χ3v) is 4.68. The predicted molar refractivity (Wildman–Crippen MR) is 72.1 cm³/mol. The summed E-state index contributed by atoms with van der Waals surface area (Å²) in [6, 6.07) is 0.566. The Labute approximate surface area is 109 Å². The average molecular weight is 248 g/mol. The van der Waals surface area contributed by atoms with Crippen LogP contribution in [0.3, 0.4) is 0 Å². The fourth-order valence-corrected chi connectivity index (χ4v) is 3.63. The molecule has 0 saturated heterocycles. The number of hydrogen-bond acceptors (Lipinski definition) is 3. The van der Waals surface area contributed by atoms with Crippen molar-refractivity contribution in [1.29, 1.82) is 0 Å². The summed E-state index contributed by atoms with van der Waals surface area (Å²) in [6.45, 7) is 3.97. The van der Waals surface area contributed by atoms with E-state index < -0.39 is 0 Å². The van der Waals surface area contributed by atoms with Crippen LogP contribution < -0.4 is 5.73 Å². The molecule has 1 aromatic rings. The highest BCUT2D eigenvalue weighted by molar-refractivity contribution is 4.97. The molecule has 0 amide bonds. The normalized spacial score (nSPS) is 23.8. The van der Waals surface area contributed by atoms with Gasteiger partial charge in [-0.05, 0) is 18.8 Å². The average Bonchev–Trinajstić information content (AvgIpc) is 2.88. The van der Waals surface area contributed by atoms with Gasteiger partial charge in [0.1, 0.15) is 5.82 Å². The molecule has 0 radical (unpaired) electrons. The van der Waals surface area contributed by atoms with Crippen molar-refractivity contribution in [3.8, 4) is 0 Å². The fraction of sp³-hybridized carbons (Fsp3) is 0.786. The Bertz CT molecular complexity index is 381. The van der Waals surface area contributed by atoms with E-state index in [2.05, 4.69) is 20.6 Å². The summed E-state index contributed by atoms with van der Waals surface area (Å²) in [5.74, 6) is 2.01. The smallest absolute Gasteiger partial charge is 0.122 e. The summed E-state index contributed by atoms with van der Waals surface area (Å²) in [6.07, 6.45) is 10.9. The van der Waals surface area contributed by atoms with Crippen LogP contribution >= 0.6 is 0 Å². The Morgan fingerprint density at radius 2 is 2.11 bits per heavy atom. The van der Waals surface area contributed by atoms with Gasteiger partial charge < -0.3 is 10.3 Å². The zero-order valence-corrected chi connectivity index (χ0v) is 11.1. The predicted octanol–water partition coefficient (Wildman–Crippen LogP) is 1.61. The quantitative estimate of drug-likeness (QED) is 0.884. The molecule has 1 aliphatic heterocycles. The maximum atomic E-state index is 6.06. The molecule has 2 N–H and O–H groups in total. The Morgan fingerprint density at radius 3 is 2.89 bits per heavy atom. The number of imidazole rings is 1. The van der Waals surface area contributed by atoms with Gasteiger partial charge in [0.05, 0.1) is 6.54 Å². The van der Waals surface area contributed by atoms with Crippen LogP contribution in [0.4, 0.5) is 0 Å². The van der Waals surface area contributed by atoms with Gasteiger partial charge in [-0.15, -0.1) is 0 Å². The Hall–Kier alpha value is -0.870. The van der Waals surface area contributed by atoms with Crippen molar-refractivity contribution >= 4 is 0 Å². The molecule has 0 bridgehead atoms. The van der Waals surface area contributed by atoms with E-state index in [1.54, 1.807) is 0 Å². The number of aromatic nitrogens is 2. The van der Waals surface area contributed by atoms with Gasteiger partial charge >= 0.3 is 0 Å². The van der Waals surface area contributed by atoms with Gasteiger partial charge in [0.15, 0.2) is 0 Å². The summed E-state index contributed by atoms with van der Waals surface area (Å²) < 4.78 is 2.27. The molecule has 0 aromatic carbocycles. The summed E-state index contributed by atoms with van der Waals surface area (Å²) in [5.41, 5.74) is 6.06. The largest absolute Gasteiger partial charge is 0.333 e. The number of rotatable bonds is 3. The van der Waals surface area contributed by atoms with E-state index in [4.69, 9.17) is 5.73 Å². The molecular formula is C14H24N4. The molecular weight excluding hydrogens is 224 g/mol. The van der Waals surface area contributed by atoms with Gasteiger partial charge in [0.25, 0.3) is 0 Å². The summed E-state index contributed by atoms with van der Waals surface area (Å²) in [7, 11) is 0. The minimum Gasteiger partial charge on any atom is -0.333 e. The molecule has 0 spiro atoms. The zero-order valence-electron chi connectivity index (χ0n) is 11.1. The molecule has 2 aliphatic rings. The van der Waals surface area contributed by atoms with Crippen LogP contribution in [0.2, 0.25) is 0 Å². The summed E-state index contributed by atoms with van der Waals surface area (Å²) in [4.78, 5) is 7.02. The maximum absolute atomic E-state index is 6.06. The Morgan fingerprint density at radius 1 is 1.28 bits per heavy atom. The second-order valence-electron chi connectivity index (χ2n) is 5.71. The Balaban J connectivity index is 1.69. The fourth-order valence-electron chi connectivity index (χ4n) is 3.63.